The summed E-state index contributed by atoms with van der Waals surface area (Å²) < 4.78 is 22.6. The summed E-state index contributed by atoms with van der Waals surface area (Å²) in [6.45, 7) is 7.09. The monoisotopic (exact) mass is 536 g/mol. The van der Waals surface area contributed by atoms with Crippen LogP contribution in [0.15, 0.2) is 42.5 Å². The number of benzene rings is 3. The van der Waals surface area contributed by atoms with Crippen molar-refractivity contribution < 1.29 is 28.5 Å². The highest BCUT2D eigenvalue weighted by Gasteiger charge is 2.23. The Morgan fingerprint density at radius 1 is 0.564 bits per heavy atom. The van der Waals surface area contributed by atoms with Crippen LogP contribution in [0.2, 0.25) is 0 Å². The molecule has 0 saturated heterocycles. The van der Waals surface area contributed by atoms with Crippen molar-refractivity contribution in [3.05, 3.63) is 48.0 Å². The van der Waals surface area contributed by atoms with E-state index in [4.69, 9.17) is 18.9 Å². The minimum atomic E-state index is -0.728. The third kappa shape index (κ3) is 8.87. The average Bonchev–Trinajstić information content (AvgIpc) is 2.94. The average molecular weight is 537 g/mol. The predicted molar refractivity (Wildman–Crippen MR) is 157 cm³/mol. The second-order valence-corrected chi connectivity index (χ2v) is 10.0. The van der Waals surface area contributed by atoms with E-state index < -0.39 is 12.3 Å². The van der Waals surface area contributed by atoms with Crippen LogP contribution in [0.5, 0.6) is 11.5 Å². The number of hydrogen-bond donors (Lipinski definition) is 0. The minimum Gasteiger partial charge on any atom is -0.434 e. The van der Waals surface area contributed by atoms with Crippen molar-refractivity contribution in [2.45, 2.75) is 97.8 Å². The van der Waals surface area contributed by atoms with Crippen LogP contribution in [0, 0.1) is 0 Å². The maximum absolute atomic E-state index is 12.8. The second kappa shape index (κ2) is 16.6. The second-order valence-electron chi connectivity index (χ2n) is 10.0. The standard InChI is InChI=1S/C33H44O6/c1-4-7-9-11-15-23-36-32(34)38-30-26-20-13-14-21-27(26)31(29-25(18-6-3)19-17-22-28(29)30)39-33(35)37-24-16-12-10-8-5-2/h13-14,17,19-22H,4-12,15-16,18,23-24H2,1-3H3. The molecule has 0 amide bonds. The van der Waals surface area contributed by atoms with Gasteiger partial charge in [-0.25, -0.2) is 9.59 Å². The van der Waals surface area contributed by atoms with Crippen molar-refractivity contribution in [3.8, 4) is 11.5 Å². The molecule has 0 atom stereocenters. The van der Waals surface area contributed by atoms with Gasteiger partial charge >= 0.3 is 12.3 Å². The summed E-state index contributed by atoms with van der Waals surface area (Å²) in [6.07, 6.45) is 10.9. The molecule has 0 saturated carbocycles. The fraction of sp³-hybridized carbons (Fsp3) is 0.515. The van der Waals surface area contributed by atoms with Gasteiger partial charge in [-0.05, 0) is 24.8 Å². The zero-order valence-corrected chi connectivity index (χ0v) is 23.9. The van der Waals surface area contributed by atoms with Crippen LogP contribution >= 0.6 is 0 Å². The molecule has 6 heteroatoms. The van der Waals surface area contributed by atoms with E-state index in [-0.39, 0.29) is 0 Å². The first-order valence-corrected chi connectivity index (χ1v) is 14.8. The Balaban J connectivity index is 1.88. The highest BCUT2D eigenvalue weighted by atomic mass is 16.7. The molecular weight excluding hydrogens is 492 g/mol. The zero-order chi connectivity index (χ0) is 27.9. The van der Waals surface area contributed by atoms with Crippen LogP contribution in [-0.2, 0) is 15.9 Å². The predicted octanol–water partition coefficient (Wildman–Crippen LogP) is 9.92. The fourth-order valence-electron chi connectivity index (χ4n) is 4.86. The number of hydrogen-bond acceptors (Lipinski definition) is 6. The maximum atomic E-state index is 12.8. The van der Waals surface area contributed by atoms with Crippen molar-refractivity contribution >= 4 is 33.9 Å². The number of unbranched alkanes of at least 4 members (excludes halogenated alkanes) is 8. The topological polar surface area (TPSA) is 71.1 Å². The number of carbonyl (C=O) groups is 2. The molecule has 6 nitrogen and oxygen atoms in total. The Kier molecular flexibility index (Phi) is 12.9. The molecule has 39 heavy (non-hydrogen) atoms. The van der Waals surface area contributed by atoms with E-state index in [1.54, 1.807) is 0 Å². The molecule has 0 unspecified atom stereocenters. The fourth-order valence-corrected chi connectivity index (χ4v) is 4.86. The van der Waals surface area contributed by atoms with E-state index in [1.807, 2.05) is 42.5 Å². The van der Waals surface area contributed by atoms with E-state index in [0.29, 0.717) is 40.9 Å². The Labute approximate surface area is 233 Å². The molecular formula is C33H44O6. The molecule has 0 aliphatic heterocycles. The van der Waals surface area contributed by atoms with Crippen molar-refractivity contribution in [2.24, 2.45) is 0 Å². The highest BCUT2D eigenvalue weighted by Crippen LogP contribution is 2.44. The number of rotatable bonds is 16. The van der Waals surface area contributed by atoms with Gasteiger partial charge in [0.2, 0.25) is 0 Å². The molecule has 0 N–H and O–H groups in total. The molecule has 0 aliphatic rings. The lowest BCUT2D eigenvalue weighted by molar-refractivity contribution is 0.0965. The first kappa shape index (κ1) is 30.3. The van der Waals surface area contributed by atoms with Crippen LogP contribution in [0.3, 0.4) is 0 Å². The SMILES string of the molecule is CCCCCCCOC(=O)Oc1c2ccccc2c(OC(=O)OCCCCCCC)c2c(CCC)cccc12. The van der Waals surface area contributed by atoms with E-state index >= 15 is 0 Å². The van der Waals surface area contributed by atoms with Crippen molar-refractivity contribution in [3.63, 3.8) is 0 Å². The summed E-state index contributed by atoms with van der Waals surface area (Å²) in [5, 5.41) is 2.79. The molecule has 0 fully saturated rings. The van der Waals surface area contributed by atoms with Crippen LogP contribution in [-0.4, -0.2) is 25.5 Å². The van der Waals surface area contributed by atoms with Gasteiger partial charge in [-0.15, -0.1) is 0 Å². The number of carbonyl (C=O) groups excluding carboxylic acids is 2. The van der Waals surface area contributed by atoms with E-state index in [0.717, 1.165) is 62.3 Å². The summed E-state index contributed by atoms with van der Waals surface area (Å²) in [4.78, 5) is 25.5. The lowest BCUT2D eigenvalue weighted by Crippen LogP contribution is -2.14. The number of aryl methyl sites for hydroxylation is 1. The Hall–Kier alpha value is -3.28. The maximum Gasteiger partial charge on any atom is 0.513 e. The van der Waals surface area contributed by atoms with E-state index in [9.17, 15) is 9.59 Å². The van der Waals surface area contributed by atoms with Gasteiger partial charge in [-0.3, -0.25) is 0 Å². The van der Waals surface area contributed by atoms with Crippen molar-refractivity contribution in [1.82, 2.24) is 0 Å². The summed E-state index contributed by atoms with van der Waals surface area (Å²) in [5.74, 6) is 0.837. The molecule has 0 radical (unpaired) electrons. The van der Waals surface area contributed by atoms with Gasteiger partial charge in [0.15, 0.2) is 5.75 Å². The van der Waals surface area contributed by atoms with E-state index in [2.05, 4.69) is 20.8 Å². The first-order valence-electron chi connectivity index (χ1n) is 14.8. The summed E-state index contributed by atoms with van der Waals surface area (Å²) in [6, 6.07) is 13.3. The normalized spacial score (nSPS) is 11.1. The molecule has 0 aromatic heterocycles. The first-order chi connectivity index (χ1) is 19.1. The van der Waals surface area contributed by atoms with Gasteiger partial charge in [0, 0.05) is 21.5 Å². The Morgan fingerprint density at radius 2 is 1.08 bits per heavy atom. The van der Waals surface area contributed by atoms with Gasteiger partial charge in [-0.2, -0.15) is 0 Å². The Morgan fingerprint density at radius 3 is 1.64 bits per heavy atom. The lowest BCUT2D eigenvalue weighted by atomic mass is 9.95. The van der Waals surface area contributed by atoms with Gasteiger partial charge < -0.3 is 18.9 Å². The Bertz CT molecular complexity index is 1200. The summed E-state index contributed by atoms with van der Waals surface area (Å²) in [5.41, 5.74) is 1.01. The smallest absolute Gasteiger partial charge is 0.434 e. The third-order valence-corrected chi connectivity index (χ3v) is 6.86. The van der Waals surface area contributed by atoms with Gasteiger partial charge in [0.1, 0.15) is 5.75 Å². The van der Waals surface area contributed by atoms with Crippen LogP contribution < -0.4 is 9.47 Å². The van der Waals surface area contributed by atoms with Crippen molar-refractivity contribution in [2.75, 3.05) is 13.2 Å². The number of ether oxygens (including phenoxy) is 4. The molecule has 0 heterocycles. The third-order valence-electron chi connectivity index (χ3n) is 6.86. The van der Waals surface area contributed by atoms with Crippen LogP contribution in [0.1, 0.15) is 97.0 Å². The minimum absolute atomic E-state index is 0.324. The van der Waals surface area contributed by atoms with Gasteiger partial charge in [0.25, 0.3) is 0 Å². The van der Waals surface area contributed by atoms with Crippen LogP contribution in [0.4, 0.5) is 9.59 Å². The van der Waals surface area contributed by atoms with Gasteiger partial charge in [-0.1, -0.05) is 121 Å². The highest BCUT2D eigenvalue weighted by molar-refractivity contribution is 6.13. The molecule has 3 aromatic carbocycles. The molecule has 3 aromatic rings. The lowest BCUT2D eigenvalue weighted by Gasteiger charge is -2.18. The largest absolute Gasteiger partial charge is 0.513 e. The van der Waals surface area contributed by atoms with E-state index in [1.165, 1.54) is 25.7 Å². The molecule has 212 valence electrons. The quantitative estimate of drug-likeness (QED) is 0.0785. The molecule has 0 bridgehead atoms. The summed E-state index contributed by atoms with van der Waals surface area (Å²) in [7, 11) is 0. The summed E-state index contributed by atoms with van der Waals surface area (Å²) >= 11 is 0. The van der Waals surface area contributed by atoms with Crippen molar-refractivity contribution in [1.29, 1.82) is 0 Å². The zero-order valence-electron chi connectivity index (χ0n) is 23.9. The molecule has 3 rings (SSSR count). The molecule has 0 aliphatic carbocycles. The number of fused-ring (bicyclic) bond motifs is 2. The van der Waals surface area contributed by atoms with Crippen LogP contribution in [0.25, 0.3) is 21.5 Å². The van der Waals surface area contributed by atoms with Gasteiger partial charge in [0.05, 0.1) is 13.2 Å². The molecule has 0 spiro atoms.